The fourth-order valence-electron chi connectivity index (χ4n) is 2.68. The summed E-state index contributed by atoms with van der Waals surface area (Å²) < 4.78 is 10.5. The molecule has 0 spiro atoms. The molecule has 1 saturated heterocycles. The highest BCUT2D eigenvalue weighted by atomic mass is 16.5. The molecule has 0 radical (unpaired) electrons. The van der Waals surface area contributed by atoms with Crippen molar-refractivity contribution in [1.29, 1.82) is 0 Å². The Labute approximate surface area is 126 Å². The van der Waals surface area contributed by atoms with Crippen molar-refractivity contribution < 1.29 is 14.3 Å². The quantitative estimate of drug-likeness (QED) is 0.870. The lowest BCUT2D eigenvalue weighted by Crippen LogP contribution is -2.41. The van der Waals surface area contributed by atoms with E-state index in [-0.39, 0.29) is 5.91 Å². The van der Waals surface area contributed by atoms with Crippen LogP contribution in [0.4, 0.5) is 0 Å². The third kappa shape index (κ3) is 3.67. The van der Waals surface area contributed by atoms with Gasteiger partial charge in [-0.2, -0.15) is 0 Å². The van der Waals surface area contributed by atoms with Gasteiger partial charge in [0.05, 0.1) is 19.8 Å². The maximum absolute atomic E-state index is 12.7. The van der Waals surface area contributed by atoms with Gasteiger partial charge in [0.1, 0.15) is 11.5 Å². The normalized spacial score (nSPS) is 17.6. The predicted molar refractivity (Wildman–Crippen MR) is 82.1 cm³/mol. The summed E-state index contributed by atoms with van der Waals surface area (Å²) in [5.41, 5.74) is 0.582. The lowest BCUT2D eigenvalue weighted by molar-refractivity contribution is 0.0748. The van der Waals surface area contributed by atoms with Crippen LogP contribution >= 0.6 is 0 Å². The fourth-order valence-corrected chi connectivity index (χ4v) is 2.68. The van der Waals surface area contributed by atoms with Crippen molar-refractivity contribution in [1.82, 2.24) is 10.2 Å². The molecule has 2 rings (SSSR count). The molecule has 5 nitrogen and oxygen atoms in total. The number of amides is 1. The van der Waals surface area contributed by atoms with Crippen molar-refractivity contribution in [3.63, 3.8) is 0 Å². The Morgan fingerprint density at radius 3 is 2.76 bits per heavy atom. The van der Waals surface area contributed by atoms with Crippen LogP contribution in [0.2, 0.25) is 0 Å². The molecule has 1 heterocycles. The summed E-state index contributed by atoms with van der Waals surface area (Å²) in [6.07, 6.45) is 2.31. The van der Waals surface area contributed by atoms with E-state index in [1.54, 1.807) is 32.4 Å². The van der Waals surface area contributed by atoms with Crippen LogP contribution in [-0.4, -0.2) is 50.7 Å². The molecule has 1 N–H and O–H groups in total. The number of nitrogens with one attached hydrogen (secondary N) is 1. The molecule has 0 aromatic heterocycles. The van der Waals surface area contributed by atoms with Gasteiger partial charge in [0.2, 0.25) is 0 Å². The lowest BCUT2D eigenvalue weighted by atomic mass is 10.1. The first-order valence-corrected chi connectivity index (χ1v) is 7.44. The molecule has 0 bridgehead atoms. The number of rotatable bonds is 6. The number of ether oxygens (including phenoxy) is 2. The number of methoxy groups -OCH3 is 2. The highest BCUT2D eigenvalue weighted by Crippen LogP contribution is 2.26. The van der Waals surface area contributed by atoms with Gasteiger partial charge in [-0.05, 0) is 38.4 Å². The highest BCUT2D eigenvalue weighted by Gasteiger charge is 2.23. The first-order valence-electron chi connectivity index (χ1n) is 7.44. The summed E-state index contributed by atoms with van der Waals surface area (Å²) in [5.74, 6) is 1.24. The Kier molecular flexibility index (Phi) is 5.44. The van der Waals surface area contributed by atoms with Crippen LogP contribution in [0, 0.1) is 0 Å². The molecule has 0 saturated carbocycles. The SMILES string of the molecule is CCN(CC1CCCN1)C(=O)c1ccc(OC)cc1OC. The highest BCUT2D eigenvalue weighted by molar-refractivity contribution is 5.97. The van der Waals surface area contributed by atoms with Crippen molar-refractivity contribution in [2.45, 2.75) is 25.8 Å². The zero-order valence-electron chi connectivity index (χ0n) is 13.0. The topological polar surface area (TPSA) is 50.8 Å². The summed E-state index contributed by atoms with van der Waals surface area (Å²) in [7, 11) is 3.17. The van der Waals surface area contributed by atoms with Crippen LogP contribution in [0.3, 0.4) is 0 Å². The van der Waals surface area contributed by atoms with Gasteiger partial charge in [-0.15, -0.1) is 0 Å². The van der Waals surface area contributed by atoms with Gasteiger partial charge in [0, 0.05) is 25.2 Å². The number of hydrogen-bond acceptors (Lipinski definition) is 4. The van der Waals surface area contributed by atoms with E-state index < -0.39 is 0 Å². The minimum Gasteiger partial charge on any atom is -0.497 e. The Morgan fingerprint density at radius 2 is 2.19 bits per heavy atom. The van der Waals surface area contributed by atoms with Crippen LogP contribution in [-0.2, 0) is 0 Å². The van der Waals surface area contributed by atoms with Crippen molar-refractivity contribution in [2.24, 2.45) is 0 Å². The molecule has 21 heavy (non-hydrogen) atoms. The monoisotopic (exact) mass is 292 g/mol. The van der Waals surface area contributed by atoms with Gasteiger partial charge in [-0.3, -0.25) is 4.79 Å². The Balaban J connectivity index is 2.16. The number of carbonyl (C=O) groups is 1. The molecule has 1 fully saturated rings. The molecule has 5 heteroatoms. The lowest BCUT2D eigenvalue weighted by Gasteiger charge is -2.25. The number of carbonyl (C=O) groups excluding carboxylic acids is 1. The zero-order chi connectivity index (χ0) is 15.2. The Morgan fingerprint density at radius 1 is 1.38 bits per heavy atom. The van der Waals surface area contributed by atoms with Gasteiger partial charge in [-0.25, -0.2) is 0 Å². The van der Waals surface area contributed by atoms with Crippen LogP contribution in [0.15, 0.2) is 18.2 Å². The van der Waals surface area contributed by atoms with Crippen molar-refractivity contribution in [3.05, 3.63) is 23.8 Å². The average molecular weight is 292 g/mol. The minimum atomic E-state index is 0.00528. The maximum atomic E-state index is 12.7. The van der Waals surface area contributed by atoms with Crippen molar-refractivity contribution in [2.75, 3.05) is 33.9 Å². The average Bonchev–Trinajstić information content (AvgIpc) is 3.04. The largest absolute Gasteiger partial charge is 0.497 e. The van der Waals surface area contributed by atoms with E-state index in [0.29, 0.717) is 29.6 Å². The molecule has 1 aliphatic rings. The molecular weight excluding hydrogens is 268 g/mol. The molecule has 1 unspecified atom stereocenters. The van der Waals surface area contributed by atoms with Gasteiger partial charge in [0.15, 0.2) is 0 Å². The molecule has 116 valence electrons. The number of likely N-dealkylation sites (N-methyl/N-ethyl adjacent to an activating group) is 1. The molecule has 1 atom stereocenters. The number of benzene rings is 1. The number of nitrogens with zero attached hydrogens (tertiary/aromatic N) is 1. The van der Waals surface area contributed by atoms with E-state index in [1.165, 1.54) is 6.42 Å². The molecule has 1 aromatic rings. The summed E-state index contributed by atoms with van der Waals surface area (Å²) in [5, 5.41) is 3.43. The molecular formula is C16H24N2O3. The van der Waals surface area contributed by atoms with Crippen LogP contribution in [0.5, 0.6) is 11.5 Å². The van der Waals surface area contributed by atoms with E-state index in [9.17, 15) is 4.79 Å². The van der Waals surface area contributed by atoms with Crippen LogP contribution < -0.4 is 14.8 Å². The minimum absolute atomic E-state index is 0.00528. The molecule has 1 aromatic carbocycles. The van der Waals surface area contributed by atoms with Gasteiger partial charge in [-0.1, -0.05) is 0 Å². The third-order valence-corrected chi connectivity index (χ3v) is 3.91. The third-order valence-electron chi connectivity index (χ3n) is 3.91. The summed E-state index contributed by atoms with van der Waals surface area (Å²) >= 11 is 0. The van der Waals surface area contributed by atoms with Crippen LogP contribution in [0.25, 0.3) is 0 Å². The second kappa shape index (κ2) is 7.31. The van der Waals surface area contributed by atoms with E-state index in [1.807, 2.05) is 11.8 Å². The Bertz CT molecular complexity index is 484. The van der Waals surface area contributed by atoms with E-state index in [2.05, 4.69) is 5.32 Å². The van der Waals surface area contributed by atoms with Gasteiger partial charge < -0.3 is 19.7 Å². The van der Waals surface area contributed by atoms with E-state index in [4.69, 9.17) is 9.47 Å². The molecule has 1 aliphatic heterocycles. The Hall–Kier alpha value is -1.75. The van der Waals surface area contributed by atoms with E-state index in [0.717, 1.165) is 19.5 Å². The van der Waals surface area contributed by atoms with E-state index >= 15 is 0 Å². The number of hydrogen-bond donors (Lipinski definition) is 1. The van der Waals surface area contributed by atoms with Crippen molar-refractivity contribution >= 4 is 5.91 Å². The summed E-state index contributed by atoms with van der Waals surface area (Å²) in [4.78, 5) is 14.6. The predicted octanol–water partition coefficient (Wildman–Crippen LogP) is 1.92. The fraction of sp³-hybridized carbons (Fsp3) is 0.562. The second-order valence-corrected chi connectivity index (χ2v) is 5.20. The van der Waals surface area contributed by atoms with Crippen molar-refractivity contribution in [3.8, 4) is 11.5 Å². The molecule has 0 aliphatic carbocycles. The zero-order valence-corrected chi connectivity index (χ0v) is 13.0. The van der Waals surface area contributed by atoms with Gasteiger partial charge in [0.25, 0.3) is 5.91 Å². The second-order valence-electron chi connectivity index (χ2n) is 5.20. The first kappa shape index (κ1) is 15.6. The standard InChI is InChI=1S/C16H24N2O3/c1-4-18(11-12-6-5-9-17-12)16(19)14-8-7-13(20-2)10-15(14)21-3/h7-8,10,12,17H,4-6,9,11H2,1-3H3. The summed E-state index contributed by atoms with van der Waals surface area (Å²) in [6.45, 7) is 4.47. The van der Waals surface area contributed by atoms with Gasteiger partial charge >= 0.3 is 0 Å². The first-order chi connectivity index (χ1) is 10.2. The smallest absolute Gasteiger partial charge is 0.257 e. The summed E-state index contributed by atoms with van der Waals surface area (Å²) in [6, 6.07) is 5.70. The van der Waals surface area contributed by atoms with Crippen LogP contribution in [0.1, 0.15) is 30.1 Å². The maximum Gasteiger partial charge on any atom is 0.257 e. The molecule has 1 amide bonds.